The molecule has 224 valence electrons. The number of hydrogen-bond acceptors (Lipinski definition) is 8. The summed E-state index contributed by atoms with van der Waals surface area (Å²) in [7, 11) is -3.27. The third kappa shape index (κ3) is 6.81. The molecule has 2 aliphatic rings. The lowest BCUT2D eigenvalue weighted by Gasteiger charge is -2.34. The van der Waals surface area contributed by atoms with Crippen LogP contribution in [0.2, 0.25) is 0 Å². The second-order valence-electron chi connectivity index (χ2n) is 11.2. The number of rotatable bonds is 7. The number of sulfone groups is 1. The second kappa shape index (κ2) is 10.9. The molecular weight excluding hydrogens is 570 g/mol. The van der Waals surface area contributed by atoms with Crippen LogP contribution in [0.3, 0.4) is 0 Å². The smallest absolute Gasteiger partial charge is 0.422 e. The number of amides is 1. The molecular formula is C26H31F4N5O5S. The third-order valence-corrected chi connectivity index (χ3v) is 9.44. The molecule has 0 aromatic carbocycles. The lowest BCUT2D eigenvalue weighted by atomic mass is 9.83. The number of aromatic nitrogens is 3. The fraction of sp³-hybridized carbons (Fsp3) is 0.615. The number of pyridine rings is 1. The van der Waals surface area contributed by atoms with Gasteiger partial charge in [-0.2, -0.15) is 23.5 Å². The summed E-state index contributed by atoms with van der Waals surface area (Å²) in [6.07, 6.45) is -3.26. The van der Waals surface area contributed by atoms with E-state index in [-0.39, 0.29) is 48.4 Å². The molecule has 2 atom stereocenters. The van der Waals surface area contributed by atoms with Crippen LogP contribution >= 0.6 is 0 Å². The first-order chi connectivity index (χ1) is 18.9. The van der Waals surface area contributed by atoms with Crippen molar-refractivity contribution in [3.63, 3.8) is 0 Å². The van der Waals surface area contributed by atoms with E-state index in [0.29, 0.717) is 17.7 Å². The number of nitriles is 1. The van der Waals surface area contributed by atoms with Crippen LogP contribution in [0.1, 0.15) is 57.3 Å². The maximum Gasteiger partial charge on any atom is 0.422 e. The van der Waals surface area contributed by atoms with E-state index in [1.165, 1.54) is 4.68 Å². The Balaban J connectivity index is 1.67. The summed E-state index contributed by atoms with van der Waals surface area (Å²) in [5.74, 6) is -2.75. The average Bonchev–Trinajstić information content (AvgIpc) is 3.26. The topological polar surface area (TPSA) is 147 Å². The molecule has 4 rings (SSSR count). The van der Waals surface area contributed by atoms with E-state index in [2.05, 4.69) is 21.5 Å². The van der Waals surface area contributed by atoms with Crippen LogP contribution in [-0.4, -0.2) is 69.6 Å². The van der Waals surface area contributed by atoms with Crippen LogP contribution < -0.4 is 10.1 Å². The first kappa shape index (κ1) is 30.7. The Morgan fingerprint density at radius 1 is 1.34 bits per heavy atom. The van der Waals surface area contributed by atoms with Gasteiger partial charge in [0.1, 0.15) is 5.54 Å². The molecule has 3 heterocycles. The number of hydrogen-bond donors (Lipinski definition) is 2. The summed E-state index contributed by atoms with van der Waals surface area (Å²) < 4.78 is 82.9. The fourth-order valence-electron chi connectivity index (χ4n) is 5.02. The predicted octanol–water partition coefficient (Wildman–Crippen LogP) is 3.05. The van der Waals surface area contributed by atoms with Gasteiger partial charge in [0.25, 0.3) is 0 Å². The number of carbonyl (C=O) groups excluding carboxylic acids is 1. The minimum absolute atomic E-state index is 0.0204. The molecule has 1 aliphatic carbocycles. The Hall–Kier alpha value is -3.25. The van der Waals surface area contributed by atoms with Crippen molar-refractivity contribution in [1.29, 1.82) is 5.26 Å². The van der Waals surface area contributed by atoms with Crippen molar-refractivity contribution >= 4 is 15.7 Å². The van der Waals surface area contributed by atoms with Gasteiger partial charge >= 0.3 is 6.18 Å². The van der Waals surface area contributed by atoms with Gasteiger partial charge in [-0.25, -0.2) is 17.8 Å². The molecule has 0 unspecified atom stereocenters. The molecule has 0 bridgehead atoms. The molecule has 15 heteroatoms. The molecule has 1 aliphatic heterocycles. The number of aliphatic hydroxyl groups is 1. The van der Waals surface area contributed by atoms with E-state index in [9.17, 15) is 41.1 Å². The average molecular weight is 602 g/mol. The lowest BCUT2D eigenvalue weighted by molar-refractivity contribution is -0.154. The normalized spacial score (nSPS) is 20.9. The molecule has 2 aromatic rings. The second-order valence-corrected chi connectivity index (χ2v) is 13.5. The first-order valence-electron chi connectivity index (χ1n) is 13.1. The molecule has 1 amide bonds. The van der Waals surface area contributed by atoms with Crippen LogP contribution in [-0.2, 0) is 27.5 Å². The van der Waals surface area contributed by atoms with Gasteiger partial charge in [-0.1, -0.05) is 0 Å². The SMILES string of the molecule is C[C@@H](n1nc(-c2cc(OCC(F)(F)F)ncc2F)c2c1C[C@H](C(=O)NC1(C#N)CCS(=O)(=O)CC1)CC2)C(C)(C)O. The number of halogens is 4. The molecule has 1 fully saturated rings. The van der Waals surface area contributed by atoms with Gasteiger partial charge in [-0.05, 0) is 46.5 Å². The highest BCUT2D eigenvalue weighted by Gasteiger charge is 2.42. The van der Waals surface area contributed by atoms with Crippen molar-refractivity contribution in [2.24, 2.45) is 5.92 Å². The largest absolute Gasteiger partial charge is 0.468 e. The van der Waals surface area contributed by atoms with Crippen molar-refractivity contribution in [1.82, 2.24) is 20.1 Å². The van der Waals surface area contributed by atoms with E-state index in [1.54, 1.807) is 20.8 Å². The number of ether oxygens (including phenoxy) is 1. The molecule has 0 radical (unpaired) electrons. The standard InChI is InChI=1S/C26H31F4N5O5S/c1-15(24(2,3)37)35-20-10-16(23(36)33-25(13-31)6-8-41(38,39)9-7-25)4-5-17(20)22(34-35)18-11-21(32-12-19(18)27)40-14-26(28,29)30/h11-12,15-16,37H,4-10,14H2,1-3H3,(H,33,36)/t15-,16-/m1/s1. The van der Waals surface area contributed by atoms with E-state index < -0.39 is 63.3 Å². The highest BCUT2D eigenvalue weighted by molar-refractivity contribution is 7.91. The van der Waals surface area contributed by atoms with Gasteiger partial charge in [0.2, 0.25) is 11.8 Å². The van der Waals surface area contributed by atoms with Gasteiger partial charge < -0.3 is 15.2 Å². The Kier molecular flexibility index (Phi) is 8.14. The van der Waals surface area contributed by atoms with E-state index in [1.807, 2.05) is 0 Å². The summed E-state index contributed by atoms with van der Waals surface area (Å²) in [4.78, 5) is 16.9. The van der Waals surface area contributed by atoms with Crippen molar-refractivity contribution in [3.05, 3.63) is 29.3 Å². The molecule has 0 saturated carbocycles. The zero-order chi connectivity index (χ0) is 30.4. The fourth-order valence-corrected chi connectivity index (χ4v) is 6.54. The van der Waals surface area contributed by atoms with Crippen molar-refractivity contribution in [3.8, 4) is 23.2 Å². The quantitative estimate of drug-likeness (QED) is 0.461. The van der Waals surface area contributed by atoms with Gasteiger partial charge in [0, 0.05) is 35.2 Å². The first-order valence-corrected chi connectivity index (χ1v) is 14.9. The Morgan fingerprint density at radius 2 is 2.00 bits per heavy atom. The molecule has 2 aromatic heterocycles. The highest BCUT2D eigenvalue weighted by Crippen LogP contribution is 2.39. The maximum atomic E-state index is 15.0. The monoisotopic (exact) mass is 601 g/mol. The highest BCUT2D eigenvalue weighted by atomic mass is 32.2. The van der Waals surface area contributed by atoms with Gasteiger partial charge in [-0.3, -0.25) is 9.48 Å². The number of fused-ring (bicyclic) bond motifs is 1. The molecule has 10 nitrogen and oxygen atoms in total. The maximum absolute atomic E-state index is 15.0. The van der Waals surface area contributed by atoms with Gasteiger partial charge in [0.05, 0.1) is 41.1 Å². The van der Waals surface area contributed by atoms with Gasteiger partial charge in [0.15, 0.2) is 22.3 Å². The van der Waals surface area contributed by atoms with Gasteiger partial charge in [-0.15, -0.1) is 0 Å². The van der Waals surface area contributed by atoms with Crippen LogP contribution in [0.4, 0.5) is 17.6 Å². The summed E-state index contributed by atoms with van der Waals surface area (Å²) in [6.45, 7) is 3.19. The van der Waals surface area contributed by atoms with Crippen LogP contribution in [0, 0.1) is 23.1 Å². The lowest BCUT2D eigenvalue weighted by Crippen LogP contribution is -2.54. The Bertz CT molecular complexity index is 1460. The van der Waals surface area contributed by atoms with Crippen LogP contribution in [0.25, 0.3) is 11.3 Å². The number of carbonyl (C=O) groups is 1. The molecule has 1 saturated heterocycles. The Morgan fingerprint density at radius 3 is 2.59 bits per heavy atom. The van der Waals surface area contributed by atoms with Crippen molar-refractivity contribution in [2.45, 2.75) is 76.2 Å². The Labute approximate surface area is 234 Å². The minimum atomic E-state index is -4.62. The zero-order valence-corrected chi connectivity index (χ0v) is 23.6. The molecule has 41 heavy (non-hydrogen) atoms. The minimum Gasteiger partial charge on any atom is -0.468 e. The number of alkyl halides is 3. The van der Waals surface area contributed by atoms with Crippen LogP contribution in [0.15, 0.2) is 12.3 Å². The predicted molar refractivity (Wildman–Crippen MR) is 138 cm³/mol. The number of nitrogens with one attached hydrogen (secondary N) is 1. The summed E-state index contributed by atoms with van der Waals surface area (Å²) in [5, 5.41) is 27.8. The zero-order valence-electron chi connectivity index (χ0n) is 22.8. The molecule has 2 N–H and O–H groups in total. The van der Waals surface area contributed by atoms with Crippen molar-refractivity contribution in [2.75, 3.05) is 18.1 Å². The van der Waals surface area contributed by atoms with E-state index >= 15 is 0 Å². The van der Waals surface area contributed by atoms with E-state index in [4.69, 9.17) is 4.74 Å². The summed E-state index contributed by atoms with van der Waals surface area (Å²) in [6, 6.07) is 2.46. The van der Waals surface area contributed by atoms with Crippen molar-refractivity contribution < 1.29 is 40.6 Å². The third-order valence-electron chi connectivity index (χ3n) is 7.79. The summed E-state index contributed by atoms with van der Waals surface area (Å²) in [5.41, 5.74) is -1.49. The summed E-state index contributed by atoms with van der Waals surface area (Å²) >= 11 is 0. The molecule has 0 spiro atoms. The number of nitrogens with zero attached hydrogens (tertiary/aromatic N) is 4. The van der Waals surface area contributed by atoms with Crippen LogP contribution in [0.5, 0.6) is 5.88 Å². The van der Waals surface area contributed by atoms with E-state index in [0.717, 1.165) is 12.3 Å².